The zero-order valence-electron chi connectivity index (χ0n) is 12.0. The van der Waals surface area contributed by atoms with Gasteiger partial charge in [0.2, 0.25) is 5.91 Å². The molecule has 1 amide bonds. The second kappa shape index (κ2) is 6.37. The summed E-state index contributed by atoms with van der Waals surface area (Å²) in [5.74, 6) is -1.61. The molecule has 0 aliphatic heterocycles. The molecule has 0 fully saturated rings. The Bertz CT molecular complexity index is 556. The molecule has 0 saturated carbocycles. The number of carbonyl (C=O) groups is 1. The normalized spacial score (nSPS) is 12.2. The molecule has 112 valence electrons. The number of benzene rings is 1. The maximum atomic E-state index is 11.6. The minimum atomic E-state index is -3.54. The fraction of sp³-hybridized carbons (Fsp3) is 0.500. The molecule has 0 bridgehead atoms. The fourth-order valence-electron chi connectivity index (χ4n) is 1.66. The smallest absolute Gasteiger partial charge is 0.239 e. The summed E-state index contributed by atoms with van der Waals surface area (Å²) < 4.78 is 22.8. The molecule has 0 atom stereocenters. The molecular weight excluding hydrogens is 278 g/mol. The molecule has 0 heterocycles. The Hall–Kier alpha value is -1.40. The molecule has 1 aromatic rings. The third kappa shape index (κ3) is 5.30. The number of carbonyl (C=O) groups excluding carboxylic acids is 1. The number of aliphatic hydroxyl groups is 1. The van der Waals surface area contributed by atoms with Crippen molar-refractivity contribution >= 4 is 21.4 Å². The molecule has 0 aromatic heterocycles. The lowest BCUT2D eigenvalue weighted by molar-refractivity contribution is -0.113. The highest BCUT2D eigenvalue weighted by atomic mass is 32.2. The van der Waals surface area contributed by atoms with Crippen LogP contribution in [-0.2, 0) is 20.0 Å². The van der Waals surface area contributed by atoms with Gasteiger partial charge in [0, 0.05) is 5.69 Å². The Morgan fingerprint density at radius 1 is 1.20 bits per heavy atom. The standard InChI is InChI=1S/C14H21NO4S/c1-14(2,3)11-4-6-12(7-5-11)15-13(17)10-20(18,19)9-8-16/h4-7,16H,8-10H2,1-3H3,(H,15,17). The fourth-order valence-corrected chi connectivity index (χ4v) is 2.56. The van der Waals surface area contributed by atoms with Crippen LogP contribution in [0.5, 0.6) is 0 Å². The van der Waals surface area contributed by atoms with Crippen LogP contribution in [-0.4, -0.2) is 37.5 Å². The molecule has 20 heavy (non-hydrogen) atoms. The second-order valence-corrected chi connectivity index (χ2v) is 7.88. The van der Waals surface area contributed by atoms with E-state index >= 15 is 0 Å². The number of hydrogen-bond donors (Lipinski definition) is 2. The van der Waals surface area contributed by atoms with Crippen molar-refractivity contribution in [2.45, 2.75) is 26.2 Å². The number of hydrogen-bond acceptors (Lipinski definition) is 4. The first-order valence-corrected chi connectivity index (χ1v) is 8.18. The van der Waals surface area contributed by atoms with Gasteiger partial charge < -0.3 is 10.4 Å². The van der Waals surface area contributed by atoms with Crippen molar-refractivity contribution in [3.05, 3.63) is 29.8 Å². The molecule has 1 aromatic carbocycles. The van der Waals surface area contributed by atoms with E-state index in [2.05, 4.69) is 26.1 Å². The van der Waals surface area contributed by atoms with E-state index < -0.39 is 33.9 Å². The van der Waals surface area contributed by atoms with Crippen LogP contribution in [0.1, 0.15) is 26.3 Å². The molecule has 0 unspecified atom stereocenters. The van der Waals surface area contributed by atoms with E-state index in [1.807, 2.05) is 12.1 Å². The van der Waals surface area contributed by atoms with Crippen molar-refractivity contribution in [3.63, 3.8) is 0 Å². The summed E-state index contributed by atoms with van der Waals surface area (Å²) in [6.45, 7) is 5.78. The Kier molecular flexibility index (Phi) is 5.30. The van der Waals surface area contributed by atoms with Crippen molar-refractivity contribution < 1.29 is 18.3 Å². The highest BCUT2D eigenvalue weighted by molar-refractivity contribution is 7.92. The lowest BCUT2D eigenvalue weighted by Gasteiger charge is -2.19. The van der Waals surface area contributed by atoms with Crippen LogP contribution in [0.15, 0.2) is 24.3 Å². The van der Waals surface area contributed by atoms with E-state index in [4.69, 9.17) is 5.11 Å². The van der Waals surface area contributed by atoms with E-state index in [9.17, 15) is 13.2 Å². The van der Waals surface area contributed by atoms with Crippen LogP contribution in [0.3, 0.4) is 0 Å². The third-order valence-electron chi connectivity index (χ3n) is 2.79. The summed E-state index contributed by atoms with van der Waals surface area (Å²) >= 11 is 0. The van der Waals surface area contributed by atoms with E-state index in [1.54, 1.807) is 12.1 Å². The molecule has 0 spiro atoms. The van der Waals surface area contributed by atoms with Crippen molar-refractivity contribution in [2.75, 3.05) is 23.4 Å². The average molecular weight is 299 g/mol. The quantitative estimate of drug-likeness (QED) is 0.859. The van der Waals surface area contributed by atoms with Crippen LogP contribution < -0.4 is 5.32 Å². The summed E-state index contributed by atoms with van der Waals surface area (Å²) in [5.41, 5.74) is 1.71. The van der Waals surface area contributed by atoms with Crippen molar-refractivity contribution in [1.29, 1.82) is 0 Å². The summed E-state index contributed by atoms with van der Waals surface area (Å²) in [6, 6.07) is 7.30. The lowest BCUT2D eigenvalue weighted by Crippen LogP contribution is -2.25. The maximum Gasteiger partial charge on any atom is 0.239 e. The molecule has 0 saturated heterocycles. The molecule has 1 rings (SSSR count). The first-order valence-electron chi connectivity index (χ1n) is 6.36. The molecule has 0 radical (unpaired) electrons. The molecule has 0 aliphatic carbocycles. The van der Waals surface area contributed by atoms with E-state index in [0.29, 0.717) is 5.69 Å². The molecule has 2 N–H and O–H groups in total. The zero-order valence-corrected chi connectivity index (χ0v) is 12.8. The number of amides is 1. The van der Waals surface area contributed by atoms with E-state index in [-0.39, 0.29) is 5.41 Å². The van der Waals surface area contributed by atoms with E-state index in [1.165, 1.54) is 0 Å². The summed E-state index contributed by atoms with van der Waals surface area (Å²) in [7, 11) is -3.54. The van der Waals surface area contributed by atoms with Gasteiger partial charge in [-0.3, -0.25) is 4.79 Å². The highest BCUT2D eigenvalue weighted by Gasteiger charge is 2.17. The molecular formula is C14H21NO4S. The largest absolute Gasteiger partial charge is 0.395 e. The third-order valence-corrected chi connectivity index (χ3v) is 4.29. The van der Waals surface area contributed by atoms with Gasteiger partial charge >= 0.3 is 0 Å². The predicted molar refractivity (Wildman–Crippen MR) is 79.5 cm³/mol. The van der Waals surface area contributed by atoms with Crippen LogP contribution in [0.4, 0.5) is 5.69 Å². The van der Waals surface area contributed by atoms with Crippen LogP contribution in [0.25, 0.3) is 0 Å². The monoisotopic (exact) mass is 299 g/mol. The van der Waals surface area contributed by atoms with Gasteiger partial charge in [-0.25, -0.2) is 8.42 Å². The van der Waals surface area contributed by atoms with Crippen molar-refractivity contribution in [3.8, 4) is 0 Å². The summed E-state index contributed by atoms with van der Waals surface area (Å²) in [4.78, 5) is 11.6. The number of anilines is 1. The predicted octanol–water partition coefficient (Wildman–Crippen LogP) is 1.33. The van der Waals surface area contributed by atoms with Gasteiger partial charge in [0.1, 0.15) is 5.75 Å². The SMILES string of the molecule is CC(C)(C)c1ccc(NC(=O)CS(=O)(=O)CCO)cc1. The van der Waals surface area contributed by atoms with E-state index in [0.717, 1.165) is 5.56 Å². The van der Waals surface area contributed by atoms with Crippen LogP contribution >= 0.6 is 0 Å². The van der Waals surface area contributed by atoms with Gasteiger partial charge in [-0.2, -0.15) is 0 Å². The zero-order chi connectivity index (χ0) is 15.4. The topological polar surface area (TPSA) is 83.5 Å². The Labute approximate surface area is 119 Å². The Balaban J connectivity index is 2.68. The first kappa shape index (κ1) is 16.7. The molecule has 6 heteroatoms. The Morgan fingerprint density at radius 3 is 2.20 bits per heavy atom. The maximum absolute atomic E-state index is 11.6. The molecule has 0 aliphatic rings. The minimum absolute atomic E-state index is 0.0208. The van der Waals surface area contributed by atoms with Crippen molar-refractivity contribution in [2.24, 2.45) is 0 Å². The summed E-state index contributed by atoms with van der Waals surface area (Å²) in [5, 5.41) is 11.1. The van der Waals surface area contributed by atoms with Gasteiger partial charge in [0.15, 0.2) is 9.84 Å². The first-order chi connectivity index (χ1) is 9.14. The Morgan fingerprint density at radius 2 is 1.75 bits per heavy atom. The average Bonchev–Trinajstić information content (AvgIpc) is 2.27. The number of nitrogens with one attached hydrogen (secondary N) is 1. The van der Waals surface area contributed by atoms with Crippen LogP contribution in [0, 0.1) is 0 Å². The highest BCUT2D eigenvalue weighted by Crippen LogP contribution is 2.23. The summed E-state index contributed by atoms with van der Waals surface area (Å²) in [6.07, 6.45) is 0. The number of sulfone groups is 1. The number of rotatable bonds is 5. The van der Waals surface area contributed by atoms with Gasteiger partial charge in [0.25, 0.3) is 0 Å². The second-order valence-electron chi connectivity index (χ2n) is 5.69. The van der Waals surface area contributed by atoms with Gasteiger partial charge in [0.05, 0.1) is 12.4 Å². The number of aliphatic hydroxyl groups excluding tert-OH is 1. The van der Waals surface area contributed by atoms with Gasteiger partial charge in [-0.1, -0.05) is 32.9 Å². The minimum Gasteiger partial charge on any atom is -0.395 e. The van der Waals surface area contributed by atoms with Gasteiger partial charge in [-0.15, -0.1) is 0 Å². The van der Waals surface area contributed by atoms with Crippen molar-refractivity contribution in [1.82, 2.24) is 0 Å². The van der Waals surface area contributed by atoms with Crippen LogP contribution in [0.2, 0.25) is 0 Å². The lowest BCUT2D eigenvalue weighted by atomic mass is 9.87. The van der Waals surface area contributed by atoms with Gasteiger partial charge in [-0.05, 0) is 23.1 Å². The molecule has 5 nitrogen and oxygen atoms in total.